The van der Waals surface area contributed by atoms with Gasteiger partial charge in [-0.15, -0.1) is 0 Å². The summed E-state index contributed by atoms with van der Waals surface area (Å²) < 4.78 is 26.3. The minimum absolute atomic E-state index is 0.0601. The molecule has 0 bridgehead atoms. The van der Waals surface area contributed by atoms with Crippen LogP contribution >= 0.6 is 34.8 Å². The van der Waals surface area contributed by atoms with Gasteiger partial charge in [-0.05, 0) is 61.2 Å². The smallest absolute Gasteiger partial charge is 0.244 e. The van der Waals surface area contributed by atoms with Crippen LogP contribution in [-0.4, -0.2) is 50.0 Å². The highest BCUT2D eigenvalue weighted by molar-refractivity contribution is 7.92. The number of halogens is 3. The van der Waals surface area contributed by atoms with E-state index in [1.54, 1.807) is 30.3 Å². The molecule has 0 heterocycles. The topological polar surface area (TPSA) is 86.8 Å². The first kappa shape index (κ1) is 28.6. The van der Waals surface area contributed by atoms with Gasteiger partial charge in [0.2, 0.25) is 21.8 Å². The van der Waals surface area contributed by atoms with Gasteiger partial charge in [-0.2, -0.15) is 0 Å². The van der Waals surface area contributed by atoms with E-state index in [2.05, 4.69) is 5.32 Å². The number of nitrogens with zero attached hydrogens (tertiary/aromatic N) is 2. The zero-order valence-electron chi connectivity index (χ0n) is 20.2. The zero-order chi connectivity index (χ0) is 26.5. The Labute approximate surface area is 227 Å². The van der Waals surface area contributed by atoms with Crippen LogP contribution in [0.2, 0.25) is 15.1 Å². The van der Waals surface area contributed by atoms with Gasteiger partial charge in [0.25, 0.3) is 0 Å². The lowest BCUT2D eigenvalue weighted by molar-refractivity contribution is -0.140. The summed E-state index contributed by atoms with van der Waals surface area (Å²) in [5, 5.41) is 4.20. The molecular formula is C25H30Cl3N3O4S. The second kappa shape index (κ2) is 12.5. The number of nitrogens with one attached hydrogen (secondary N) is 1. The fourth-order valence-corrected chi connectivity index (χ4v) is 5.64. The van der Waals surface area contributed by atoms with Gasteiger partial charge in [0, 0.05) is 17.6 Å². The number of amides is 2. The van der Waals surface area contributed by atoms with Crippen LogP contribution in [-0.2, 0) is 26.2 Å². The van der Waals surface area contributed by atoms with Crippen molar-refractivity contribution in [2.75, 3.05) is 17.1 Å². The van der Waals surface area contributed by atoms with Crippen molar-refractivity contribution in [2.45, 2.75) is 57.7 Å². The molecule has 36 heavy (non-hydrogen) atoms. The largest absolute Gasteiger partial charge is 0.352 e. The maximum Gasteiger partial charge on any atom is 0.244 e. The first-order valence-corrected chi connectivity index (χ1v) is 14.7. The van der Waals surface area contributed by atoms with Crippen LogP contribution in [0.3, 0.4) is 0 Å². The lowest BCUT2D eigenvalue weighted by atomic mass is 10.1. The molecule has 1 atom stereocenters. The summed E-state index contributed by atoms with van der Waals surface area (Å²) in [5.41, 5.74) is 0.968. The van der Waals surface area contributed by atoms with Gasteiger partial charge < -0.3 is 10.2 Å². The molecule has 11 heteroatoms. The van der Waals surface area contributed by atoms with Gasteiger partial charge in [-0.3, -0.25) is 13.9 Å². The second-order valence-corrected chi connectivity index (χ2v) is 12.1. The van der Waals surface area contributed by atoms with Gasteiger partial charge in [0.1, 0.15) is 12.6 Å². The van der Waals surface area contributed by atoms with E-state index in [0.29, 0.717) is 32.7 Å². The fourth-order valence-electron chi connectivity index (χ4n) is 4.34. The molecule has 0 aliphatic heterocycles. The lowest BCUT2D eigenvalue weighted by Crippen LogP contribution is -2.53. The van der Waals surface area contributed by atoms with Crippen LogP contribution in [0.25, 0.3) is 0 Å². The van der Waals surface area contributed by atoms with Crippen LogP contribution in [0.4, 0.5) is 5.69 Å². The SMILES string of the molecule is CC[C@H](C(=O)NC1CCCC1)N(Cc1ccc(Cl)c(Cl)c1)C(=O)CN(c1ccc(Cl)cc1)S(C)(=O)=O. The predicted octanol–water partition coefficient (Wildman–Crippen LogP) is 5.28. The highest BCUT2D eigenvalue weighted by Crippen LogP contribution is 2.26. The van der Waals surface area contributed by atoms with Crippen LogP contribution < -0.4 is 9.62 Å². The van der Waals surface area contributed by atoms with E-state index in [1.807, 2.05) is 6.92 Å². The third kappa shape index (κ3) is 7.51. The molecular weight excluding hydrogens is 545 g/mol. The van der Waals surface area contributed by atoms with Crippen molar-refractivity contribution in [3.8, 4) is 0 Å². The molecule has 1 aliphatic carbocycles. The summed E-state index contributed by atoms with van der Waals surface area (Å²) in [6.45, 7) is 1.40. The number of anilines is 1. The van der Waals surface area contributed by atoms with Crippen molar-refractivity contribution in [1.82, 2.24) is 10.2 Å². The minimum Gasteiger partial charge on any atom is -0.352 e. The van der Waals surface area contributed by atoms with Crippen LogP contribution in [0.5, 0.6) is 0 Å². The first-order chi connectivity index (χ1) is 17.0. The molecule has 0 unspecified atom stereocenters. The third-order valence-electron chi connectivity index (χ3n) is 6.22. The van der Waals surface area contributed by atoms with Crippen LogP contribution in [0.1, 0.15) is 44.6 Å². The summed E-state index contributed by atoms with van der Waals surface area (Å²) in [6.07, 6.45) is 5.30. The standard InChI is InChI=1S/C25H30Cl3N3O4S/c1-3-23(25(33)29-19-6-4-5-7-19)30(15-17-8-13-21(27)22(28)14-17)24(32)16-31(36(2,34)35)20-11-9-18(26)10-12-20/h8-14,19,23H,3-7,15-16H2,1-2H3,(H,29,33)/t23-/m1/s1. The number of sulfonamides is 1. The van der Waals surface area contributed by atoms with Crippen molar-refractivity contribution < 1.29 is 18.0 Å². The van der Waals surface area contributed by atoms with E-state index < -0.39 is 28.5 Å². The predicted molar refractivity (Wildman–Crippen MR) is 145 cm³/mol. The molecule has 2 amide bonds. The molecule has 1 saturated carbocycles. The average molecular weight is 575 g/mol. The van der Waals surface area contributed by atoms with Gasteiger partial charge in [-0.1, -0.05) is 60.6 Å². The maximum atomic E-state index is 13.7. The molecule has 2 aromatic carbocycles. The number of hydrogen-bond donors (Lipinski definition) is 1. The van der Waals surface area contributed by atoms with E-state index >= 15 is 0 Å². The van der Waals surface area contributed by atoms with E-state index in [4.69, 9.17) is 34.8 Å². The maximum absolute atomic E-state index is 13.7. The van der Waals surface area contributed by atoms with Gasteiger partial charge in [0.15, 0.2) is 0 Å². The number of benzene rings is 2. The number of carbonyl (C=O) groups excluding carboxylic acids is 2. The second-order valence-electron chi connectivity index (χ2n) is 8.93. The van der Waals surface area contributed by atoms with Gasteiger partial charge in [0.05, 0.1) is 22.0 Å². The Morgan fingerprint density at radius 1 is 1.03 bits per heavy atom. The Morgan fingerprint density at radius 3 is 2.22 bits per heavy atom. The summed E-state index contributed by atoms with van der Waals surface area (Å²) >= 11 is 18.2. The monoisotopic (exact) mass is 573 g/mol. The zero-order valence-corrected chi connectivity index (χ0v) is 23.3. The molecule has 1 aliphatic rings. The highest BCUT2D eigenvalue weighted by atomic mass is 35.5. The summed E-state index contributed by atoms with van der Waals surface area (Å²) in [6, 6.07) is 10.4. The molecule has 0 aromatic heterocycles. The Balaban J connectivity index is 1.93. The molecule has 7 nitrogen and oxygen atoms in total. The molecule has 3 rings (SSSR count). The highest BCUT2D eigenvalue weighted by Gasteiger charge is 2.33. The average Bonchev–Trinajstić information content (AvgIpc) is 3.32. The summed E-state index contributed by atoms with van der Waals surface area (Å²) in [4.78, 5) is 28.4. The Hall–Kier alpha value is -2.00. The van der Waals surface area contributed by atoms with E-state index in [9.17, 15) is 18.0 Å². The summed E-state index contributed by atoms with van der Waals surface area (Å²) in [7, 11) is -3.81. The molecule has 196 valence electrons. The quantitative estimate of drug-likeness (QED) is 0.418. The van der Waals surface area contributed by atoms with E-state index in [0.717, 1.165) is 36.2 Å². The molecule has 1 N–H and O–H groups in total. The minimum atomic E-state index is -3.81. The van der Waals surface area contributed by atoms with Crippen molar-refractivity contribution in [1.29, 1.82) is 0 Å². The van der Waals surface area contributed by atoms with Crippen molar-refractivity contribution in [2.24, 2.45) is 0 Å². The normalized spacial score (nSPS) is 14.9. The number of carbonyl (C=O) groups is 2. The number of rotatable bonds is 10. The van der Waals surface area contributed by atoms with Crippen molar-refractivity contribution >= 4 is 62.3 Å². The van der Waals surface area contributed by atoms with Gasteiger partial charge in [-0.25, -0.2) is 8.42 Å². The van der Waals surface area contributed by atoms with Gasteiger partial charge >= 0.3 is 0 Å². The van der Waals surface area contributed by atoms with Crippen molar-refractivity contribution in [3.63, 3.8) is 0 Å². The molecule has 1 fully saturated rings. The Bertz CT molecular complexity index is 1190. The Kier molecular flexibility index (Phi) is 9.92. The first-order valence-electron chi connectivity index (χ1n) is 11.8. The van der Waals surface area contributed by atoms with Crippen LogP contribution in [0.15, 0.2) is 42.5 Å². The Morgan fingerprint density at radius 2 is 1.67 bits per heavy atom. The molecule has 0 radical (unpaired) electrons. The van der Waals surface area contributed by atoms with Crippen molar-refractivity contribution in [3.05, 3.63) is 63.1 Å². The molecule has 0 saturated heterocycles. The molecule has 0 spiro atoms. The van der Waals surface area contributed by atoms with Crippen LogP contribution in [0, 0.1) is 0 Å². The third-order valence-corrected chi connectivity index (χ3v) is 8.35. The lowest BCUT2D eigenvalue weighted by Gasteiger charge is -2.33. The summed E-state index contributed by atoms with van der Waals surface area (Å²) in [5.74, 6) is -0.773. The molecule has 2 aromatic rings. The number of hydrogen-bond acceptors (Lipinski definition) is 4. The van der Waals surface area contributed by atoms with E-state index in [1.165, 1.54) is 17.0 Å². The van der Waals surface area contributed by atoms with E-state index in [-0.39, 0.29) is 18.5 Å². The fraction of sp³-hybridized carbons (Fsp3) is 0.440.